The Kier molecular flexibility index (Phi) is 6.93. The zero-order valence-corrected chi connectivity index (χ0v) is 15.6. The molecule has 7 nitrogen and oxygen atoms in total. The molecule has 1 heterocycles. The average molecular weight is 380 g/mol. The molecule has 1 unspecified atom stereocenters. The Labute approximate surface area is 154 Å². The first-order valence-corrected chi connectivity index (χ1v) is 10.0. The summed E-state index contributed by atoms with van der Waals surface area (Å²) >= 11 is 0. The molecule has 1 saturated heterocycles. The fraction of sp³-hybridized carbons (Fsp3) is 0.444. The van der Waals surface area contributed by atoms with Crippen LogP contribution in [0.3, 0.4) is 0 Å². The van der Waals surface area contributed by atoms with E-state index in [1.54, 1.807) is 11.8 Å². The molecule has 1 amide bonds. The number of amides is 1. The molecule has 0 spiro atoms. The lowest BCUT2D eigenvalue weighted by Crippen LogP contribution is -2.42. The first-order valence-electron chi connectivity index (χ1n) is 8.55. The van der Waals surface area contributed by atoms with E-state index in [0.717, 1.165) is 6.42 Å². The molecular formula is C18H24N2O5S. The average Bonchev–Trinajstić information content (AvgIpc) is 2.66. The van der Waals surface area contributed by atoms with Gasteiger partial charge in [0.05, 0.1) is 17.4 Å². The number of nitrogens with one attached hydrogen (secondary N) is 1. The van der Waals surface area contributed by atoms with E-state index >= 15 is 0 Å². The van der Waals surface area contributed by atoms with E-state index in [1.165, 1.54) is 30.3 Å². The Hall–Kier alpha value is -2.19. The van der Waals surface area contributed by atoms with Crippen molar-refractivity contribution in [2.75, 3.05) is 26.2 Å². The van der Waals surface area contributed by atoms with E-state index in [9.17, 15) is 18.0 Å². The van der Waals surface area contributed by atoms with Crippen molar-refractivity contribution in [1.29, 1.82) is 0 Å². The molecule has 1 fully saturated rings. The number of hydrogen-bond donors (Lipinski definition) is 1. The highest BCUT2D eigenvalue weighted by Gasteiger charge is 2.29. The summed E-state index contributed by atoms with van der Waals surface area (Å²) in [6, 6.07) is 5.76. The molecule has 0 saturated carbocycles. The molecule has 1 atom stereocenters. The lowest BCUT2D eigenvalue weighted by molar-refractivity contribution is -0.149. The minimum Gasteiger partial charge on any atom is -0.466 e. The Bertz CT molecular complexity index is 758. The molecule has 1 aliphatic rings. The molecule has 0 radical (unpaired) electrons. The number of nitrogens with zero attached hydrogens (tertiary/aromatic N) is 1. The minimum atomic E-state index is -3.62. The number of sulfonamides is 1. The molecule has 1 aromatic rings. The van der Waals surface area contributed by atoms with Crippen LogP contribution in [0.5, 0.6) is 0 Å². The number of benzene rings is 1. The number of rotatable bonds is 7. The van der Waals surface area contributed by atoms with Crippen molar-refractivity contribution in [2.45, 2.75) is 24.7 Å². The third kappa shape index (κ3) is 4.92. The monoisotopic (exact) mass is 380 g/mol. The van der Waals surface area contributed by atoms with Gasteiger partial charge in [-0.3, -0.25) is 9.59 Å². The summed E-state index contributed by atoms with van der Waals surface area (Å²) in [4.78, 5) is 26.3. The van der Waals surface area contributed by atoms with Crippen LogP contribution < -0.4 is 4.72 Å². The second-order valence-electron chi connectivity index (χ2n) is 6.01. The summed E-state index contributed by atoms with van der Waals surface area (Å²) in [6.07, 6.45) is 2.88. The van der Waals surface area contributed by atoms with Gasteiger partial charge in [-0.2, -0.15) is 0 Å². The van der Waals surface area contributed by atoms with Crippen LogP contribution in [-0.2, 0) is 19.6 Å². The highest BCUT2D eigenvalue weighted by Crippen LogP contribution is 2.20. The molecule has 26 heavy (non-hydrogen) atoms. The van der Waals surface area contributed by atoms with Gasteiger partial charge in [-0.15, -0.1) is 6.58 Å². The normalized spacial score (nSPS) is 17.6. The van der Waals surface area contributed by atoms with Gasteiger partial charge in [0.2, 0.25) is 10.0 Å². The summed E-state index contributed by atoms with van der Waals surface area (Å²) in [7, 11) is -3.62. The van der Waals surface area contributed by atoms with Crippen LogP contribution in [0.15, 0.2) is 41.8 Å². The van der Waals surface area contributed by atoms with Crippen molar-refractivity contribution >= 4 is 21.9 Å². The van der Waals surface area contributed by atoms with Gasteiger partial charge in [-0.25, -0.2) is 13.1 Å². The van der Waals surface area contributed by atoms with Gasteiger partial charge in [0, 0.05) is 25.2 Å². The summed E-state index contributed by atoms with van der Waals surface area (Å²) < 4.78 is 31.5. The maximum atomic E-state index is 12.7. The number of carbonyl (C=O) groups is 2. The van der Waals surface area contributed by atoms with E-state index in [-0.39, 0.29) is 29.2 Å². The molecule has 1 N–H and O–H groups in total. The van der Waals surface area contributed by atoms with Crippen LogP contribution in [0.1, 0.15) is 30.1 Å². The van der Waals surface area contributed by atoms with Crippen molar-refractivity contribution in [3.05, 3.63) is 42.5 Å². The fourth-order valence-corrected chi connectivity index (χ4v) is 3.82. The van der Waals surface area contributed by atoms with Gasteiger partial charge in [0.15, 0.2) is 0 Å². The largest absolute Gasteiger partial charge is 0.466 e. The van der Waals surface area contributed by atoms with Gasteiger partial charge in [-0.1, -0.05) is 6.08 Å². The molecule has 1 aliphatic heterocycles. The number of carbonyl (C=O) groups excluding carboxylic acids is 2. The predicted octanol–water partition coefficient (Wildman–Crippen LogP) is 1.57. The Morgan fingerprint density at radius 3 is 2.65 bits per heavy atom. The van der Waals surface area contributed by atoms with E-state index in [1.807, 2.05) is 0 Å². The summed E-state index contributed by atoms with van der Waals surface area (Å²) in [5, 5.41) is 0. The van der Waals surface area contributed by atoms with Gasteiger partial charge in [-0.05, 0) is 44.0 Å². The Morgan fingerprint density at radius 1 is 1.35 bits per heavy atom. The molecule has 0 bridgehead atoms. The van der Waals surface area contributed by atoms with Gasteiger partial charge < -0.3 is 9.64 Å². The third-order valence-electron chi connectivity index (χ3n) is 4.16. The molecular weight excluding hydrogens is 356 g/mol. The van der Waals surface area contributed by atoms with Crippen molar-refractivity contribution in [3.8, 4) is 0 Å². The molecule has 2 rings (SSSR count). The second-order valence-corrected chi connectivity index (χ2v) is 7.77. The van der Waals surface area contributed by atoms with Crippen LogP contribution in [0, 0.1) is 5.92 Å². The zero-order valence-electron chi connectivity index (χ0n) is 14.8. The highest BCUT2D eigenvalue weighted by molar-refractivity contribution is 7.89. The van der Waals surface area contributed by atoms with Crippen molar-refractivity contribution in [2.24, 2.45) is 5.92 Å². The van der Waals surface area contributed by atoms with Crippen LogP contribution in [-0.4, -0.2) is 51.4 Å². The molecule has 8 heteroatoms. The summed E-state index contributed by atoms with van der Waals surface area (Å²) in [5.74, 6) is -0.808. The number of ether oxygens (including phenoxy) is 1. The first-order chi connectivity index (χ1) is 12.4. The van der Waals surface area contributed by atoms with Gasteiger partial charge in [0.1, 0.15) is 0 Å². The van der Waals surface area contributed by atoms with E-state index in [4.69, 9.17) is 4.74 Å². The van der Waals surface area contributed by atoms with Crippen LogP contribution in [0.2, 0.25) is 0 Å². The quantitative estimate of drug-likeness (QED) is 0.572. The van der Waals surface area contributed by atoms with E-state index in [0.29, 0.717) is 31.7 Å². The SMILES string of the molecule is C=CCNS(=O)(=O)c1ccc(C(=O)N2CCCC(C(=O)OCC)C2)cc1. The predicted molar refractivity (Wildman–Crippen MR) is 97.1 cm³/mol. The molecule has 142 valence electrons. The standard InChI is InChI=1S/C18H24N2O5S/c1-3-11-19-26(23,24)16-9-7-14(8-10-16)17(21)20-12-5-6-15(13-20)18(22)25-4-2/h3,7-10,15,19H,1,4-6,11-13H2,2H3. The number of likely N-dealkylation sites (tertiary alicyclic amines) is 1. The summed E-state index contributed by atoms with van der Waals surface area (Å²) in [5.41, 5.74) is 0.386. The molecule has 1 aromatic carbocycles. The smallest absolute Gasteiger partial charge is 0.310 e. The zero-order chi connectivity index (χ0) is 19.2. The van der Waals surface area contributed by atoms with Crippen molar-refractivity contribution in [1.82, 2.24) is 9.62 Å². The van der Waals surface area contributed by atoms with E-state index in [2.05, 4.69) is 11.3 Å². The van der Waals surface area contributed by atoms with Crippen LogP contribution >= 0.6 is 0 Å². The van der Waals surface area contributed by atoms with Gasteiger partial charge in [0.25, 0.3) is 5.91 Å². The third-order valence-corrected chi connectivity index (χ3v) is 5.60. The van der Waals surface area contributed by atoms with Crippen LogP contribution in [0.4, 0.5) is 0 Å². The summed E-state index contributed by atoms with van der Waals surface area (Å²) in [6.45, 7) is 6.55. The van der Waals surface area contributed by atoms with Crippen LogP contribution in [0.25, 0.3) is 0 Å². The van der Waals surface area contributed by atoms with Gasteiger partial charge >= 0.3 is 5.97 Å². The number of piperidine rings is 1. The number of hydrogen-bond acceptors (Lipinski definition) is 5. The highest BCUT2D eigenvalue weighted by atomic mass is 32.2. The van der Waals surface area contributed by atoms with E-state index < -0.39 is 10.0 Å². The van der Waals surface area contributed by atoms with Crippen molar-refractivity contribution < 1.29 is 22.7 Å². The fourth-order valence-electron chi connectivity index (χ4n) is 2.83. The molecule has 0 aromatic heterocycles. The molecule has 0 aliphatic carbocycles. The van der Waals surface area contributed by atoms with Crippen molar-refractivity contribution in [3.63, 3.8) is 0 Å². The second kappa shape index (κ2) is 8.95. The Morgan fingerprint density at radius 2 is 2.04 bits per heavy atom. The maximum Gasteiger partial charge on any atom is 0.310 e. The maximum absolute atomic E-state index is 12.7. The minimum absolute atomic E-state index is 0.0824. The Balaban J connectivity index is 2.07. The number of esters is 1. The lowest BCUT2D eigenvalue weighted by Gasteiger charge is -2.31. The lowest BCUT2D eigenvalue weighted by atomic mass is 9.97. The first kappa shape index (κ1) is 20.1. The topological polar surface area (TPSA) is 92.8 Å².